The van der Waals surface area contributed by atoms with E-state index in [2.05, 4.69) is 27.7 Å². The summed E-state index contributed by atoms with van der Waals surface area (Å²) in [7, 11) is 0. The Morgan fingerprint density at radius 3 is 3.00 bits per heavy atom. The van der Waals surface area contributed by atoms with Gasteiger partial charge in [-0.3, -0.25) is 0 Å². The molecule has 1 heterocycles. The van der Waals surface area contributed by atoms with Gasteiger partial charge in [-0.05, 0) is 18.3 Å². The Balaban J connectivity index is 2.86. The van der Waals surface area contributed by atoms with Crippen molar-refractivity contribution >= 4 is 34.7 Å². The summed E-state index contributed by atoms with van der Waals surface area (Å²) in [5.74, 6) is 0.377. The summed E-state index contributed by atoms with van der Waals surface area (Å²) in [4.78, 5) is 0. The van der Waals surface area contributed by atoms with Crippen LogP contribution in [0.1, 0.15) is 0 Å². The lowest BCUT2D eigenvalue weighted by molar-refractivity contribution is 1.04. The summed E-state index contributed by atoms with van der Waals surface area (Å²) < 4.78 is 0. The van der Waals surface area contributed by atoms with E-state index in [-0.39, 0.29) is 5.11 Å². The van der Waals surface area contributed by atoms with E-state index in [1.54, 1.807) is 6.07 Å². The van der Waals surface area contributed by atoms with Crippen molar-refractivity contribution in [3.05, 3.63) is 17.3 Å². The lowest BCUT2D eigenvalue weighted by Gasteiger charge is -2.01. The fraction of sp³-hybridized carbons (Fsp3) is 0. The van der Waals surface area contributed by atoms with Crippen LogP contribution in [-0.2, 0) is 0 Å². The number of aromatic nitrogens is 2. The van der Waals surface area contributed by atoms with Crippen LogP contribution in [0.2, 0.25) is 5.02 Å². The van der Waals surface area contributed by atoms with E-state index in [0.717, 1.165) is 0 Å². The van der Waals surface area contributed by atoms with E-state index in [9.17, 15) is 0 Å². The largest absolute Gasteiger partial charge is 0.376 e. The zero-order valence-electron chi connectivity index (χ0n) is 5.41. The van der Waals surface area contributed by atoms with Gasteiger partial charge in [-0.1, -0.05) is 11.6 Å². The molecule has 0 bridgehead atoms. The normalized spacial score (nSPS) is 9.18. The number of hydrogen-bond acceptors (Lipinski definition) is 3. The van der Waals surface area contributed by atoms with Gasteiger partial charge in [0.05, 0.1) is 11.2 Å². The molecule has 1 rings (SSSR count). The SMILES string of the molecule is NC(=S)Nc1nnccc1Cl. The lowest BCUT2D eigenvalue weighted by atomic mass is 10.5. The van der Waals surface area contributed by atoms with Gasteiger partial charge in [0, 0.05) is 0 Å². The van der Waals surface area contributed by atoms with Gasteiger partial charge < -0.3 is 11.1 Å². The molecule has 6 heteroatoms. The molecule has 0 fully saturated rings. The highest BCUT2D eigenvalue weighted by molar-refractivity contribution is 7.80. The summed E-state index contributed by atoms with van der Waals surface area (Å²) in [5.41, 5.74) is 5.19. The molecule has 11 heavy (non-hydrogen) atoms. The maximum absolute atomic E-state index is 5.69. The first-order chi connectivity index (χ1) is 5.20. The zero-order valence-corrected chi connectivity index (χ0v) is 6.99. The Hall–Kier alpha value is -0.940. The van der Waals surface area contributed by atoms with Crippen LogP contribution in [0.25, 0.3) is 0 Å². The van der Waals surface area contributed by atoms with Crippen LogP contribution in [0.5, 0.6) is 0 Å². The summed E-state index contributed by atoms with van der Waals surface area (Å²) in [5, 5.41) is 10.4. The fourth-order valence-corrected chi connectivity index (χ4v) is 0.756. The second kappa shape index (κ2) is 3.45. The number of rotatable bonds is 1. The van der Waals surface area contributed by atoms with E-state index in [1.807, 2.05) is 0 Å². The third kappa shape index (κ3) is 2.28. The minimum Gasteiger partial charge on any atom is -0.376 e. The molecule has 0 spiro atoms. The number of halogens is 1. The lowest BCUT2D eigenvalue weighted by Crippen LogP contribution is -2.20. The number of anilines is 1. The van der Waals surface area contributed by atoms with Gasteiger partial charge >= 0.3 is 0 Å². The molecule has 0 amide bonds. The van der Waals surface area contributed by atoms with E-state index >= 15 is 0 Å². The van der Waals surface area contributed by atoms with Gasteiger partial charge in [0.25, 0.3) is 0 Å². The topological polar surface area (TPSA) is 63.8 Å². The standard InChI is InChI=1S/C5H5ClN4S/c6-3-1-2-8-10-4(3)9-5(7)11/h1-2H,(H3,7,9,10,11). The Labute approximate surface area is 73.8 Å². The Bertz CT molecular complexity index is 277. The van der Waals surface area contributed by atoms with Crippen LogP contribution in [0.15, 0.2) is 12.3 Å². The van der Waals surface area contributed by atoms with Crippen LogP contribution in [0.4, 0.5) is 5.82 Å². The van der Waals surface area contributed by atoms with Crippen LogP contribution >= 0.6 is 23.8 Å². The van der Waals surface area contributed by atoms with Gasteiger partial charge in [0.15, 0.2) is 10.9 Å². The molecule has 3 N–H and O–H groups in total. The van der Waals surface area contributed by atoms with Crippen LogP contribution in [-0.4, -0.2) is 15.3 Å². The van der Waals surface area contributed by atoms with E-state index in [1.165, 1.54) is 6.20 Å². The quantitative estimate of drug-likeness (QED) is 0.638. The van der Waals surface area contributed by atoms with Gasteiger partial charge in [-0.25, -0.2) is 0 Å². The fourth-order valence-electron chi connectivity index (χ4n) is 0.518. The molecule has 0 unspecified atom stereocenters. The smallest absolute Gasteiger partial charge is 0.173 e. The van der Waals surface area contributed by atoms with Crippen LogP contribution < -0.4 is 11.1 Å². The predicted molar refractivity (Wildman–Crippen MR) is 47.5 cm³/mol. The molecule has 1 aromatic rings. The number of nitrogens with one attached hydrogen (secondary N) is 1. The Morgan fingerprint density at radius 2 is 2.45 bits per heavy atom. The van der Waals surface area contributed by atoms with Crippen molar-refractivity contribution in [2.45, 2.75) is 0 Å². The summed E-state index contributed by atoms with van der Waals surface area (Å²) in [6, 6.07) is 1.59. The number of nitrogens with two attached hydrogens (primary N) is 1. The average molecular weight is 189 g/mol. The van der Waals surface area contributed by atoms with Crippen LogP contribution in [0.3, 0.4) is 0 Å². The first kappa shape index (κ1) is 8.16. The highest BCUT2D eigenvalue weighted by atomic mass is 35.5. The molecular weight excluding hydrogens is 184 g/mol. The molecule has 0 radical (unpaired) electrons. The van der Waals surface area contributed by atoms with Crippen molar-refractivity contribution in [3.63, 3.8) is 0 Å². The minimum absolute atomic E-state index is 0.118. The first-order valence-corrected chi connectivity index (χ1v) is 3.52. The second-order valence-electron chi connectivity index (χ2n) is 1.72. The van der Waals surface area contributed by atoms with Gasteiger partial charge in [0.1, 0.15) is 0 Å². The van der Waals surface area contributed by atoms with Crippen molar-refractivity contribution in [2.75, 3.05) is 5.32 Å². The van der Waals surface area contributed by atoms with Gasteiger partial charge in [-0.15, -0.1) is 5.10 Å². The van der Waals surface area contributed by atoms with Gasteiger partial charge in [0.2, 0.25) is 0 Å². The molecule has 4 nitrogen and oxygen atoms in total. The molecule has 1 aromatic heterocycles. The third-order valence-electron chi connectivity index (χ3n) is 0.913. The predicted octanol–water partition coefficient (Wildman–Crippen LogP) is 0.785. The molecule has 58 valence electrons. The molecule has 0 aliphatic heterocycles. The third-order valence-corrected chi connectivity index (χ3v) is 1.32. The van der Waals surface area contributed by atoms with Crippen molar-refractivity contribution < 1.29 is 0 Å². The molecular formula is C5H5ClN4S. The molecule has 0 aromatic carbocycles. The van der Waals surface area contributed by atoms with Crippen molar-refractivity contribution in [1.29, 1.82) is 0 Å². The molecule has 0 saturated carbocycles. The molecule has 0 saturated heterocycles. The summed E-state index contributed by atoms with van der Waals surface area (Å²) in [6.45, 7) is 0. The van der Waals surface area contributed by atoms with Crippen molar-refractivity contribution in [1.82, 2.24) is 10.2 Å². The van der Waals surface area contributed by atoms with Crippen molar-refractivity contribution in [2.24, 2.45) is 5.73 Å². The summed E-state index contributed by atoms with van der Waals surface area (Å²) in [6.07, 6.45) is 1.48. The molecule has 0 aliphatic carbocycles. The highest BCUT2D eigenvalue weighted by Gasteiger charge is 1.99. The number of hydrogen-bond donors (Lipinski definition) is 2. The van der Waals surface area contributed by atoms with E-state index < -0.39 is 0 Å². The van der Waals surface area contributed by atoms with Crippen LogP contribution in [0, 0.1) is 0 Å². The Kier molecular flexibility index (Phi) is 2.56. The molecule has 0 atom stereocenters. The maximum Gasteiger partial charge on any atom is 0.173 e. The van der Waals surface area contributed by atoms with Gasteiger partial charge in [-0.2, -0.15) is 5.10 Å². The summed E-state index contributed by atoms with van der Waals surface area (Å²) >= 11 is 10.3. The highest BCUT2D eigenvalue weighted by Crippen LogP contribution is 2.15. The zero-order chi connectivity index (χ0) is 8.27. The monoisotopic (exact) mass is 188 g/mol. The Morgan fingerprint density at radius 1 is 1.73 bits per heavy atom. The molecule has 0 aliphatic rings. The first-order valence-electron chi connectivity index (χ1n) is 2.74. The number of thiocarbonyl (C=S) groups is 1. The number of nitrogens with zero attached hydrogens (tertiary/aromatic N) is 2. The van der Waals surface area contributed by atoms with E-state index in [0.29, 0.717) is 10.8 Å². The maximum atomic E-state index is 5.69. The van der Waals surface area contributed by atoms with E-state index in [4.69, 9.17) is 17.3 Å². The average Bonchev–Trinajstić information content (AvgIpc) is 1.93. The second-order valence-corrected chi connectivity index (χ2v) is 2.56. The van der Waals surface area contributed by atoms with Crippen molar-refractivity contribution in [3.8, 4) is 0 Å². The minimum atomic E-state index is 0.118.